The highest BCUT2D eigenvalue weighted by Crippen LogP contribution is 2.28. The van der Waals surface area contributed by atoms with Crippen molar-refractivity contribution in [3.05, 3.63) is 30.2 Å². The summed E-state index contributed by atoms with van der Waals surface area (Å²) in [6.45, 7) is 0. The summed E-state index contributed by atoms with van der Waals surface area (Å²) in [6.07, 6.45) is 4.32. The maximum Gasteiger partial charge on any atom is 0.207 e. The van der Waals surface area contributed by atoms with Crippen LogP contribution in [-0.2, 0) is 0 Å². The molecular weight excluding hydrogens is 272 g/mol. The summed E-state index contributed by atoms with van der Waals surface area (Å²) >= 11 is 0. The van der Waals surface area contributed by atoms with Crippen LogP contribution in [0.3, 0.4) is 0 Å². The molecule has 0 bridgehead atoms. The van der Waals surface area contributed by atoms with E-state index >= 15 is 0 Å². The van der Waals surface area contributed by atoms with Gasteiger partial charge in [-0.2, -0.15) is 5.26 Å². The summed E-state index contributed by atoms with van der Waals surface area (Å²) < 4.78 is 9.83. The zero-order chi connectivity index (χ0) is 12.4. The highest BCUT2D eigenvalue weighted by molar-refractivity contribution is 5.85. The van der Waals surface area contributed by atoms with Crippen molar-refractivity contribution in [3.8, 4) is 28.8 Å². The fourth-order valence-corrected chi connectivity index (χ4v) is 1.52. The number of aromatic nitrogens is 5. The average molecular weight is 277 g/mol. The standard InChI is InChI=1S/C10H4N6O2.ClH/c11-3-7-6(8-4-13-15-17-8)1-2-12-10(7)9-5-14-16-18-9;/h1-2,4-5H;1H. The van der Waals surface area contributed by atoms with Crippen molar-refractivity contribution >= 4 is 12.4 Å². The number of hydrogen-bond acceptors (Lipinski definition) is 8. The van der Waals surface area contributed by atoms with Gasteiger partial charge in [0.15, 0.2) is 5.76 Å². The lowest BCUT2D eigenvalue weighted by molar-refractivity contribution is 0.401. The van der Waals surface area contributed by atoms with Crippen molar-refractivity contribution in [2.45, 2.75) is 0 Å². The van der Waals surface area contributed by atoms with Crippen molar-refractivity contribution in [1.29, 1.82) is 5.26 Å². The molecule has 0 saturated heterocycles. The number of nitriles is 1. The first kappa shape index (κ1) is 12.7. The maximum atomic E-state index is 9.24. The molecule has 0 aromatic carbocycles. The van der Waals surface area contributed by atoms with Crippen molar-refractivity contribution < 1.29 is 9.05 Å². The SMILES string of the molecule is Cl.N#Cc1c(-c2cnno2)ccnc1-c1cnno1. The topological polar surface area (TPSA) is 115 Å². The first-order chi connectivity index (χ1) is 8.90. The fourth-order valence-electron chi connectivity index (χ4n) is 1.52. The zero-order valence-electron chi connectivity index (χ0n) is 9.22. The van der Waals surface area contributed by atoms with Gasteiger partial charge in [0, 0.05) is 22.3 Å². The fraction of sp³-hybridized carbons (Fsp3) is 0. The molecule has 9 heteroatoms. The Morgan fingerprint density at radius 1 is 1.05 bits per heavy atom. The van der Waals surface area contributed by atoms with Crippen LogP contribution >= 0.6 is 12.4 Å². The molecule has 19 heavy (non-hydrogen) atoms. The molecule has 0 atom stereocenters. The van der Waals surface area contributed by atoms with Crippen LogP contribution in [0.5, 0.6) is 0 Å². The lowest BCUT2D eigenvalue weighted by Gasteiger charge is -2.01. The Balaban J connectivity index is 0.00000133. The molecule has 0 saturated carbocycles. The molecule has 0 radical (unpaired) electrons. The second kappa shape index (κ2) is 5.24. The molecule has 0 N–H and O–H groups in total. The molecule has 0 unspecified atom stereocenters. The highest BCUT2D eigenvalue weighted by atomic mass is 35.5. The lowest BCUT2D eigenvalue weighted by Crippen LogP contribution is -1.91. The monoisotopic (exact) mass is 276 g/mol. The minimum atomic E-state index is 0. The van der Waals surface area contributed by atoms with Crippen LogP contribution in [0.15, 0.2) is 33.7 Å². The summed E-state index contributed by atoms with van der Waals surface area (Å²) in [5.74, 6) is 0.684. The van der Waals surface area contributed by atoms with Crippen LogP contribution in [0.1, 0.15) is 5.56 Å². The quantitative estimate of drug-likeness (QED) is 0.691. The summed E-state index contributed by atoms with van der Waals surface area (Å²) in [7, 11) is 0. The second-order valence-corrected chi connectivity index (χ2v) is 3.26. The molecule has 3 aromatic heterocycles. The van der Waals surface area contributed by atoms with Crippen LogP contribution in [0.4, 0.5) is 0 Å². The van der Waals surface area contributed by atoms with Gasteiger partial charge in [-0.15, -0.1) is 22.6 Å². The van der Waals surface area contributed by atoms with E-state index in [-0.39, 0.29) is 18.0 Å². The summed E-state index contributed by atoms with van der Waals surface area (Å²) in [5, 5.41) is 23.1. The van der Waals surface area contributed by atoms with Gasteiger partial charge in [0.05, 0.1) is 11.8 Å². The third-order valence-electron chi connectivity index (χ3n) is 2.28. The third kappa shape index (κ3) is 2.14. The Morgan fingerprint density at radius 2 is 1.74 bits per heavy atom. The van der Waals surface area contributed by atoms with E-state index in [1.54, 1.807) is 6.07 Å². The van der Waals surface area contributed by atoms with Crippen molar-refractivity contribution in [3.63, 3.8) is 0 Å². The Hall–Kier alpha value is -2.79. The Morgan fingerprint density at radius 3 is 2.32 bits per heavy atom. The Labute approximate surface area is 112 Å². The van der Waals surface area contributed by atoms with Gasteiger partial charge in [0.1, 0.15) is 18.0 Å². The van der Waals surface area contributed by atoms with Gasteiger partial charge in [0.25, 0.3) is 0 Å². The van der Waals surface area contributed by atoms with Crippen LogP contribution in [0, 0.1) is 11.3 Å². The maximum absolute atomic E-state index is 9.24. The molecule has 0 fully saturated rings. The highest BCUT2D eigenvalue weighted by Gasteiger charge is 2.17. The molecule has 0 aliphatic carbocycles. The summed E-state index contributed by atoms with van der Waals surface area (Å²) in [5.41, 5.74) is 1.16. The molecule has 94 valence electrons. The van der Waals surface area contributed by atoms with Gasteiger partial charge in [0.2, 0.25) is 5.76 Å². The van der Waals surface area contributed by atoms with Crippen molar-refractivity contribution in [1.82, 2.24) is 25.7 Å². The largest absolute Gasteiger partial charge is 0.337 e. The number of hydrogen-bond donors (Lipinski definition) is 0. The second-order valence-electron chi connectivity index (χ2n) is 3.26. The molecule has 0 aliphatic rings. The van der Waals surface area contributed by atoms with Gasteiger partial charge < -0.3 is 9.05 Å². The van der Waals surface area contributed by atoms with Gasteiger partial charge in [-0.3, -0.25) is 4.98 Å². The Kier molecular flexibility index (Phi) is 3.49. The van der Waals surface area contributed by atoms with Crippen LogP contribution in [0.2, 0.25) is 0 Å². The van der Waals surface area contributed by atoms with E-state index in [1.807, 2.05) is 6.07 Å². The van der Waals surface area contributed by atoms with Crippen LogP contribution in [0.25, 0.3) is 22.8 Å². The van der Waals surface area contributed by atoms with E-state index in [2.05, 4.69) is 25.7 Å². The zero-order valence-corrected chi connectivity index (χ0v) is 10.0. The molecule has 8 nitrogen and oxygen atoms in total. The van der Waals surface area contributed by atoms with E-state index in [0.717, 1.165) is 0 Å². The number of nitrogens with zero attached hydrogens (tertiary/aromatic N) is 6. The number of rotatable bonds is 2. The molecule has 0 spiro atoms. The molecule has 3 rings (SSSR count). The van der Waals surface area contributed by atoms with Crippen LogP contribution in [-0.4, -0.2) is 25.7 Å². The minimum absolute atomic E-state index is 0. The van der Waals surface area contributed by atoms with E-state index in [0.29, 0.717) is 22.8 Å². The smallest absolute Gasteiger partial charge is 0.207 e. The number of pyridine rings is 1. The van der Waals surface area contributed by atoms with E-state index < -0.39 is 0 Å². The molecule has 3 aromatic rings. The van der Waals surface area contributed by atoms with Gasteiger partial charge in [-0.05, 0) is 6.07 Å². The molecule has 3 heterocycles. The molecule has 0 aliphatic heterocycles. The van der Waals surface area contributed by atoms with Gasteiger partial charge in [-0.25, -0.2) is 0 Å². The van der Waals surface area contributed by atoms with Crippen molar-refractivity contribution in [2.24, 2.45) is 0 Å². The summed E-state index contributed by atoms with van der Waals surface area (Å²) in [6, 6.07) is 3.68. The van der Waals surface area contributed by atoms with Crippen LogP contribution < -0.4 is 0 Å². The van der Waals surface area contributed by atoms with Gasteiger partial charge >= 0.3 is 0 Å². The van der Waals surface area contributed by atoms with E-state index in [1.165, 1.54) is 18.6 Å². The average Bonchev–Trinajstić information content (AvgIpc) is 3.10. The Bertz CT molecular complexity index is 652. The predicted molar refractivity (Wildman–Crippen MR) is 62.8 cm³/mol. The van der Waals surface area contributed by atoms with E-state index in [4.69, 9.17) is 9.05 Å². The van der Waals surface area contributed by atoms with E-state index in [9.17, 15) is 5.26 Å². The first-order valence-corrected chi connectivity index (χ1v) is 4.84. The summed E-state index contributed by atoms with van der Waals surface area (Å²) in [4.78, 5) is 4.08. The first-order valence-electron chi connectivity index (χ1n) is 4.84. The molecular formula is C10H5ClN6O2. The number of halogens is 1. The third-order valence-corrected chi connectivity index (χ3v) is 2.28. The predicted octanol–water partition coefficient (Wildman–Crippen LogP) is 1.48. The lowest BCUT2D eigenvalue weighted by atomic mass is 10.0. The van der Waals surface area contributed by atoms with Gasteiger partial charge in [-0.1, -0.05) is 0 Å². The normalized spacial score (nSPS) is 9.63. The minimum Gasteiger partial charge on any atom is -0.337 e. The van der Waals surface area contributed by atoms with Crippen molar-refractivity contribution in [2.75, 3.05) is 0 Å². The molecule has 0 amide bonds.